The average molecular weight is 383 g/mol. The second-order valence-corrected chi connectivity index (χ2v) is 7.39. The molecule has 1 aromatic rings. The van der Waals surface area contributed by atoms with E-state index in [0.29, 0.717) is 13.0 Å². The Kier molecular flexibility index (Phi) is 8.94. The van der Waals surface area contributed by atoms with Crippen molar-refractivity contribution in [1.29, 1.82) is 0 Å². The Bertz CT molecular complexity index is 581. The highest BCUT2D eigenvalue weighted by Crippen LogP contribution is 2.16. The van der Waals surface area contributed by atoms with E-state index in [1.165, 1.54) is 12.1 Å². The monoisotopic (exact) mass is 383 g/mol. The van der Waals surface area contributed by atoms with Gasteiger partial charge in [0.25, 0.3) is 0 Å². The van der Waals surface area contributed by atoms with E-state index in [-0.39, 0.29) is 31.2 Å². The summed E-state index contributed by atoms with van der Waals surface area (Å²) < 4.78 is 18.0. The molecule has 5 nitrogen and oxygen atoms in total. The molecular weight excluding hydrogens is 357 g/mol. The van der Waals surface area contributed by atoms with Crippen molar-refractivity contribution in [3.05, 3.63) is 47.8 Å². The van der Waals surface area contributed by atoms with Gasteiger partial charge in [-0.15, -0.1) is 0 Å². The molecule has 2 rings (SSSR count). The number of halogens is 1. The van der Waals surface area contributed by atoms with Gasteiger partial charge in [-0.25, -0.2) is 9.18 Å². The molecule has 7 heteroatoms. The van der Waals surface area contributed by atoms with Crippen LogP contribution < -0.4 is 0 Å². The quantitative estimate of drug-likeness (QED) is 0.454. The number of ether oxygens (including phenoxy) is 1. The van der Waals surface area contributed by atoms with E-state index in [1.54, 1.807) is 40.9 Å². The fourth-order valence-corrected chi connectivity index (χ4v) is 3.59. The number of carbonyl (C=O) groups excluding carboxylic acids is 1. The number of amides is 1. The molecular formula is C19H26FNO4S. The fraction of sp³-hybridized carbons (Fsp3) is 0.526. The third-order valence-corrected chi connectivity index (χ3v) is 5.15. The highest BCUT2D eigenvalue weighted by molar-refractivity contribution is 7.99. The molecule has 1 amide bonds. The maximum absolute atomic E-state index is 12.9. The molecule has 1 fully saturated rings. The number of rotatable bonds is 11. The van der Waals surface area contributed by atoms with E-state index in [2.05, 4.69) is 0 Å². The Morgan fingerprint density at radius 3 is 2.81 bits per heavy atom. The number of hydrogen-bond acceptors (Lipinski definition) is 5. The molecule has 0 bridgehead atoms. The van der Waals surface area contributed by atoms with Gasteiger partial charge in [-0.3, -0.25) is 4.90 Å². The van der Waals surface area contributed by atoms with Crippen LogP contribution in [0.3, 0.4) is 0 Å². The van der Waals surface area contributed by atoms with Gasteiger partial charge in [-0.05, 0) is 36.3 Å². The molecule has 0 radical (unpaired) electrons. The molecule has 2 atom stereocenters. The van der Waals surface area contributed by atoms with Crippen LogP contribution in [0.25, 0.3) is 0 Å². The molecule has 0 aromatic heterocycles. The Balaban J connectivity index is 1.77. The molecule has 144 valence electrons. The summed E-state index contributed by atoms with van der Waals surface area (Å²) in [6, 6.07) is 5.86. The lowest BCUT2D eigenvalue weighted by Crippen LogP contribution is -2.34. The summed E-state index contributed by atoms with van der Waals surface area (Å²) in [6.45, 7) is 1.09. The number of nitrogens with zero attached hydrogens (tertiary/aromatic N) is 1. The summed E-state index contributed by atoms with van der Waals surface area (Å²) in [7, 11) is 0. The van der Waals surface area contributed by atoms with Gasteiger partial charge in [0.05, 0.1) is 12.1 Å². The first-order valence-corrected chi connectivity index (χ1v) is 9.98. The van der Waals surface area contributed by atoms with Gasteiger partial charge in [0.2, 0.25) is 0 Å². The molecule has 1 saturated heterocycles. The van der Waals surface area contributed by atoms with E-state index in [9.17, 15) is 14.3 Å². The lowest BCUT2D eigenvalue weighted by molar-refractivity contribution is 0.159. The smallest absolute Gasteiger partial charge is 0.410 e. The van der Waals surface area contributed by atoms with Gasteiger partial charge >= 0.3 is 6.09 Å². The minimum absolute atomic E-state index is 0.177. The molecule has 0 aliphatic carbocycles. The Labute approximate surface area is 157 Å². The van der Waals surface area contributed by atoms with Crippen molar-refractivity contribution in [3.63, 3.8) is 0 Å². The van der Waals surface area contributed by atoms with Crippen LogP contribution in [-0.4, -0.2) is 64.6 Å². The van der Waals surface area contributed by atoms with E-state index in [4.69, 9.17) is 9.84 Å². The molecule has 0 saturated carbocycles. The molecule has 1 heterocycles. The predicted molar refractivity (Wildman–Crippen MR) is 101 cm³/mol. The van der Waals surface area contributed by atoms with Crippen molar-refractivity contribution in [3.8, 4) is 0 Å². The Morgan fingerprint density at radius 1 is 1.31 bits per heavy atom. The standard InChI is InChI=1S/C19H26FNO4S/c20-16-5-3-15(4-6-16)13-18(23)8-7-17-14-25-19(24)21(17)9-12-26-11-2-1-10-22/h3-8,17-18,22-23H,1-2,9-14H2/t17-,18+/m0/s1. The van der Waals surface area contributed by atoms with E-state index in [0.717, 1.165) is 29.9 Å². The molecule has 1 aliphatic rings. The maximum Gasteiger partial charge on any atom is 0.410 e. The van der Waals surface area contributed by atoms with Crippen LogP contribution in [-0.2, 0) is 11.2 Å². The van der Waals surface area contributed by atoms with Crippen LogP contribution in [0.15, 0.2) is 36.4 Å². The molecule has 1 aliphatic heterocycles. The van der Waals surface area contributed by atoms with Crippen molar-refractivity contribution < 1.29 is 24.1 Å². The SMILES string of the molecule is O=C1OC[C@H](C=C[C@@H](O)Cc2ccc(F)cc2)N1CCSCCCCO. The summed E-state index contributed by atoms with van der Waals surface area (Å²) in [5, 5.41) is 18.9. The zero-order valence-electron chi connectivity index (χ0n) is 14.7. The molecule has 0 spiro atoms. The number of aliphatic hydroxyl groups excluding tert-OH is 2. The van der Waals surface area contributed by atoms with Crippen molar-refractivity contribution in [2.24, 2.45) is 0 Å². The normalized spacial score (nSPS) is 18.5. The lowest BCUT2D eigenvalue weighted by Gasteiger charge is -2.18. The van der Waals surface area contributed by atoms with Gasteiger partial charge in [0.15, 0.2) is 0 Å². The minimum atomic E-state index is -0.703. The van der Waals surface area contributed by atoms with Crippen LogP contribution in [0.4, 0.5) is 9.18 Å². The highest BCUT2D eigenvalue weighted by atomic mass is 32.2. The van der Waals surface area contributed by atoms with Gasteiger partial charge in [-0.2, -0.15) is 11.8 Å². The number of cyclic esters (lactones) is 1. The summed E-state index contributed by atoms with van der Waals surface area (Å²) >= 11 is 1.75. The first kappa shape index (κ1) is 20.7. The zero-order valence-corrected chi connectivity index (χ0v) is 15.5. The number of benzene rings is 1. The first-order valence-electron chi connectivity index (χ1n) is 8.83. The summed E-state index contributed by atoms with van der Waals surface area (Å²) in [6.07, 6.45) is 4.58. The summed E-state index contributed by atoms with van der Waals surface area (Å²) in [4.78, 5) is 13.5. The third kappa shape index (κ3) is 6.97. The van der Waals surface area contributed by atoms with Gasteiger partial charge < -0.3 is 14.9 Å². The Hall–Kier alpha value is -1.57. The predicted octanol–water partition coefficient (Wildman–Crippen LogP) is 2.61. The van der Waals surface area contributed by atoms with Crippen LogP contribution in [0.2, 0.25) is 0 Å². The molecule has 26 heavy (non-hydrogen) atoms. The van der Waals surface area contributed by atoms with E-state index >= 15 is 0 Å². The number of hydrogen-bond donors (Lipinski definition) is 2. The minimum Gasteiger partial charge on any atom is -0.447 e. The van der Waals surface area contributed by atoms with E-state index < -0.39 is 6.10 Å². The fourth-order valence-electron chi connectivity index (χ4n) is 2.65. The Morgan fingerprint density at radius 2 is 2.08 bits per heavy atom. The highest BCUT2D eigenvalue weighted by Gasteiger charge is 2.30. The van der Waals surface area contributed by atoms with Gasteiger partial charge in [0.1, 0.15) is 12.4 Å². The van der Waals surface area contributed by atoms with Crippen molar-refractivity contribution in [2.75, 3.05) is 31.3 Å². The molecule has 1 aromatic carbocycles. The lowest BCUT2D eigenvalue weighted by atomic mass is 10.1. The zero-order chi connectivity index (χ0) is 18.8. The molecule has 2 N–H and O–H groups in total. The van der Waals surface area contributed by atoms with Gasteiger partial charge in [-0.1, -0.05) is 24.3 Å². The number of carbonyl (C=O) groups is 1. The van der Waals surface area contributed by atoms with Crippen LogP contribution in [0.1, 0.15) is 18.4 Å². The second-order valence-electron chi connectivity index (χ2n) is 6.16. The first-order chi connectivity index (χ1) is 12.6. The topological polar surface area (TPSA) is 70.0 Å². The van der Waals surface area contributed by atoms with E-state index in [1.807, 2.05) is 0 Å². The van der Waals surface area contributed by atoms with Crippen LogP contribution in [0.5, 0.6) is 0 Å². The number of thioether (sulfide) groups is 1. The number of unbranched alkanes of at least 4 members (excludes halogenated alkanes) is 1. The summed E-state index contributed by atoms with van der Waals surface area (Å²) in [5.41, 5.74) is 0.846. The average Bonchev–Trinajstić information content (AvgIpc) is 2.98. The maximum atomic E-state index is 12.9. The third-order valence-electron chi connectivity index (χ3n) is 4.10. The van der Waals surface area contributed by atoms with Crippen LogP contribution >= 0.6 is 11.8 Å². The van der Waals surface area contributed by atoms with Crippen LogP contribution in [0, 0.1) is 5.82 Å². The van der Waals surface area contributed by atoms with Crippen molar-refractivity contribution in [1.82, 2.24) is 4.90 Å². The van der Waals surface area contributed by atoms with Crippen molar-refractivity contribution in [2.45, 2.75) is 31.4 Å². The molecule has 0 unspecified atom stereocenters. The van der Waals surface area contributed by atoms with Gasteiger partial charge in [0, 0.05) is 25.3 Å². The largest absolute Gasteiger partial charge is 0.447 e. The van der Waals surface area contributed by atoms with Crippen molar-refractivity contribution >= 4 is 17.9 Å². The second kappa shape index (κ2) is 11.2. The summed E-state index contributed by atoms with van der Waals surface area (Å²) in [5.74, 6) is 1.47. The number of aliphatic hydroxyl groups is 2.